The van der Waals surface area contributed by atoms with Gasteiger partial charge in [0.2, 0.25) is 0 Å². The van der Waals surface area contributed by atoms with Gasteiger partial charge >= 0.3 is 0 Å². The smallest absolute Gasteiger partial charge is 0.160 e. The lowest BCUT2D eigenvalue weighted by Crippen LogP contribution is -2.29. The summed E-state index contributed by atoms with van der Waals surface area (Å²) in [6.45, 7) is 6.98. The van der Waals surface area contributed by atoms with Gasteiger partial charge < -0.3 is 15.2 Å². The van der Waals surface area contributed by atoms with Crippen LogP contribution in [0, 0.1) is 0 Å². The molecular formula is C21H25F2N3. The molecule has 138 valence electrons. The molecule has 3 rings (SSSR count). The van der Waals surface area contributed by atoms with Gasteiger partial charge in [-0.2, -0.15) is 0 Å². The van der Waals surface area contributed by atoms with E-state index in [-0.39, 0.29) is 0 Å². The predicted octanol–water partition coefficient (Wildman–Crippen LogP) is 5.63. The lowest BCUT2D eigenvalue weighted by Gasteiger charge is -2.28. The summed E-state index contributed by atoms with van der Waals surface area (Å²) in [4.78, 5) is 5.72. The van der Waals surface area contributed by atoms with Crippen LogP contribution in [0.4, 0.5) is 14.5 Å². The van der Waals surface area contributed by atoms with Gasteiger partial charge in [-0.1, -0.05) is 18.7 Å². The number of fused-ring (bicyclic) bond motifs is 1. The van der Waals surface area contributed by atoms with Gasteiger partial charge in [-0.3, -0.25) is 0 Å². The SMILES string of the molecule is C=C(F)/C(F)=C\C(=C/C)Nc1ccc2c(C3CCN(C)CC3)c[nH]c2c1. The van der Waals surface area contributed by atoms with Crippen LogP contribution < -0.4 is 5.32 Å². The third-order valence-electron chi connectivity index (χ3n) is 5.01. The fourth-order valence-corrected chi connectivity index (χ4v) is 3.46. The molecule has 0 spiro atoms. The summed E-state index contributed by atoms with van der Waals surface area (Å²) in [5.41, 5.74) is 3.70. The molecule has 1 saturated heterocycles. The Hall–Kier alpha value is -2.40. The highest BCUT2D eigenvalue weighted by Crippen LogP contribution is 2.34. The summed E-state index contributed by atoms with van der Waals surface area (Å²) in [6, 6.07) is 6.05. The number of nitrogens with zero attached hydrogens (tertiary/aromatic N) is 1. The molecule has 0 aliphatic carbocycles. The molecular weight excluding hydrogens is 332 g/mol. The van der Waals surface area contributed by atoms with E-state index in [1.165, 1.54) is 23.8 Å². The molecule has 0 amide bonds. The van der Waals surface area contributed by atoms with Crippen LogP contribution in [-0.2, 0) is 0 Å². The molecule has 2 N–H and O–H groups in total. The van der Waals surface area contributed by atoms with Gasteiger partial charge in [0.15, 0.2) is 11.7 Å². The minimum absolute atomic E-state index is 0.475. The van der Waals surface area contributed by atoms with Gasteiger partial charge in [-0.25, -0.2) is 8.78 Å². The number of piperidine rings is 1. The number of hydrogen-bond acceptors (Lipinski definition) is 2. The van der Waals surface area contributed by atoms with E-state index in [1.807, 2.05) is 12.1 Å². The van der Waals surface area contributed by atoms with Crippen molar-refractivity contribution in [1.29, 1.82) is 0 Å². The van der Waals surface area contributed by atoms with Gasteiger partial charge in [-0.05, 0) is 69.6 Å². The minimum Gasteiger partial charge on any atom is -0.361 e. The molecule has 1 aromatic carbocycles. The van der Waals surface area contributed by atoms with Crippen LogP contribution in [0.25, 0.3) is 10.9 Å². The minimum atomic E-state index is -1.08. The van der Waals surface area contributed by atoms with Crippen molar-refractivity contribution in [2.45, 2.75) is 25.7 Å². The first kappa shape index (κ1) is 18.4. The number of anilines is 1. The van der Waals surface area contributed by atoms with Gasteiger partial charge in [0, 0.05) is 28.5 Å². The Morgan fingerprint density at radius 1 is 1.31 bits per heavy atom. The zero-order valence-electron chi connectivity index (χ0n) is 15.3. The molecule has 3 nitrogen and oxygen atoms in total. The van der Waals surface area contributed by atoms with E-state index < -0.39 is 11.7 Å². The topological polar surface area (TPSA) is 31.1 Å². The highest BCUT2D eigenvalue weighted by atomic mass is 19.2. The number of aromatic amines is 1. The summed E-state index contributed by atoms with van der Waals surface area (Å²) in [6.07, 6.45) is 7.23. The maximum Gasteiger partial charge on any atom is 0.160 e. The number of rotatable bonds is 5. The number of aromatic nitrogens is 1. The molecule has 0 radical (unpaired) electrons. The first-order valence-corrected chi connectivity index (χ1v) is 8.93. The van der Waals surface area contributed by atoms with Crippen LogP contribution in [0.15, 0.2) is 60.5 Å². The monoisotopic (exact) mass is 357 g/mol. The molecule has 26 heavy (non-hydrogen) atoms. The van der Waals surface area contributed by atoms with Gasteiger partial charge in [0.1, 0.15) is 0 Å². The Bertz CT molecular complexity index is 855. The number of nitrogens with one attached hydrogen (secondary N) is 2. The standard InChI is InChI=1S/C21H25F2N3/c1-4-16(11-20(23)14(2)22)25-17-5-6-18-19(13-24-21(18)12-17)15-7-9-26(3)10-8-15/h4-6,11-13,15,24-25H,2,7-10H2,1,3H3/b16-4+,20-11+. The van der Waals surface area contributed by atoms with Crippen LogP contribution >= 0.6 is 0 Å². The Morgan fingerprint density at radius 2 is 2.04 bits per heavy atom. The Labute approximate surface area is 153 Å². The number of likely N-dealkylation sites (tertiary alicyclic amines) is 1. The van der Waals surface area contributed by atoms with Crippen molar-refractivity contribution in [3.8, 4) is 0 Å². The summed E-state index contributed by atoms with van der Waals surface area (Å²) < 4.78 is 26.3. The third kappa shape index (κ3) is 4.05. The number of benzene rings is 1. The summed E-state index contributed by atoms with van der Waals surface area (Å²) in [5, 5.41) is 4.34. The molecule has 1 fully saturated rings. The molecule has 1 aliphatic rings. The van der Waals surface area contributed by atoms with E-state index in [9.17, 15) is 8.78 Å². The van der Waals surface area contributed by atoms with E-state index in [1.54, 1.807) is 13.0 Å². The molecule has 5 heteroatoms. The quantitative estimate of drug-likeness (QED) is 0.680. The van der Waals surface area contributed by atoms with Crippen LogP contribution in [-0.4, -0.2) is 30.0 Å². The van der Waals surface area contributed by atoms with E-state index in [4.69, 9.17) is 0 Å². The highest BCUT2D eigenvalue weighted by molar-refractivity contribution is 5.87. The Kier molecular flexibility index (Phi) is 5.57. The van der Waals surface area contributed by atoms with Crippen molar-refractivity contribution in [1.82, 2.24) is 9.88 Å². The molecule has 1 aromatic heterocycles. The largest absolute Gasteiger partial charge is 0.361 e. The molecule has 2 heterocycles. The zero-order chi connectivity index (χ0) is 18.7. The first-order chi connectivity index (χ1) is 12.5. The van der Waals surface area contributed by atoms with Crippen molar-refractivity contribution in [3.05, 3.63) is 66.0 Å². The fraction of sp³-hybridized carbons (Fsp3) is 0.333. The van der Waals surface area contributed by atoms with E-state index in [0.717, 1.165) is 30.4 Å². The zero-order valence-corrected chi connectivity index (χ0v) is 15.3. The third-order valence-corrected chi connectivity index (χ3v) is 5.01. The average molecular weight is 357 g/mol. The van der Waals surface area contributed by atoms with Gasteiger partial charge in [0.05, 0.1) is 0 Å². The van der Waals surface area contributed by atoms with Crippen molar-refractivity contribution in [3.63, 3.8) is 0 Å². The molecule has 0 saturated carbocycles. The second-order valence-electron chi connectivity index (χ2n) is 6.85. The van der Waals surface area contributed by atoms with Crippen LogP contribution in [0.2, 0.25) is 0 Å². The molecule has 2 aromatic rings. The normalized spacial score (nSPS) is 17.7. The first-order valence-electron chi connectivity index (χ1n) is 8.93. The number of halogens is 2. The fourth-order valence-electron chi connectivity index (χ4n) is 3.46. The van der Waals surface area contributed by atoms with E-state index in [2.05, 4.69) is 41.1 Å². The second kappa shape index (κ2) is 7.87. The lowest BCUT2D eigenvalue weighted by atomic mass is 9.89. The second-order valence-corrected chi connectivity index (χ2v) is 6.85. The van der Waals surface area contributed by atoms with Crippen LogP contribution in [0.1, 0.15) is 31.2 Å². The van der Waals surface area contributed by atoms with Crippen LogP contribution in [0.5, 0.6) is 0 Å². The Balaban J connectivity index is 1.80. The molecule has 0 bridgehead atoms. The van der Waals surface area contributed by atoms with E-state index >= 15 is 0 Å². The van der Waals surface area contributed by atoms with Gasteiger partial charge in [0.25, 0.3) is 0 Å². The Morgan fingerprint density at radius 3 is 2.69 bits per heavy atom. The number of H-pyrrole nitrogens is 1. The van der Waals surface area contributed by atoms with Crippen molar-refractivity contribution in [2.24, 2.45) is 0 Å². The number of allylic oxidation sites excluding steroid dienone is 4. The van der Waals surface area contributed by atoms with Crippen molar-refractivity contribution >= 4 is 16.6 Å². The lowest BCUT2D eigenvalue weighted by molar-refractivity contribution is 0.256. The van der Waals surface area contributed by atoms with Crippen molar-refractivity contribution < 1.29 is 8.78 Å². The van der Waals surface area contributed by atoms with Crippen LogP contribution in [0.3, 0.4) is 0 Å². The predicted molar refractivity (Wildman–Crippen MR) is 105 cm³/mol. The molecule has 0 atom stereocenters. The maximum absolute atomic E-state index is 13.5. The van der Waals surface area contributed by atoms with Gasteiger partial charge in [-0.15, -0.1) is 0 Å². The van der Waals surface area contributed by atoms with E-state index in [0.29, 0.717) is 11.6 Å². The summed E-state index contributed by atoms with van der Waals surface area (Å²) in [5.74, 6) is -1.47. The molecule has 0 unspecified atom stereocenters. The summed E-state index contributed by atoms with van der Waals surface area (Å²) >= 11 is 0. The summed E-state index contributed by atoms with van der Waals surface area (Å²) in [7, 11) is 2.16. The molecule has 1 aliphatic heterocycles. The average Bonchev–Trinajstić information content (AvgIpc) is 3.04. The highest BCUT2D eigenvalue weighted by Gasteiger charge is 2.21. The van der Waals surface area contributed by atoms with Crippen molar-refractivity contribution in [2.75, 3.05) is 25.5 Å². The number of hydrogen-bond donors (Lipinski definition) is 2. The maximum atomic E-state index is 13.5.